The zero-order valence-electron chi connectivity index (χ0n) is 20.7. The van der Waals surface area contributed by atoms with Crippen molar-refractivity contribution < 1.29 is 38.3 Å². The van der Waals surface area contributed by atoms with Gasteiger partial charge in [-0.1, -0.05) is 35.6 Å². The second kappa shape index (κ2) is 9.68. The van der Waals surface area contributed by atoms with E-state index in [1.54, 1.807) is 18.2 Å². The zero-order valence-corrected chi connectivity index (χ0v) is 21.5. The molecule has 1 aliphatic heterocycles. The predicted octanol–water partition coefficient (Wildman–Crippen LogP) is 4.68. The van der Waals surface area contributed by atoms with Crippen molar-refractivity contribution in [3.05, 3.63) is 91.9 Å². The fourth-order valence-corrected chi connectivity index (χ4v) is 5.38. The number of aliphatic hydroxyl groups is 1. The van der Waals surface area contributed by atoms with Crippen LogP contribution in [0.25, 0.3) is 11.0 Å². The summed E-state index contributed by atoms with van der Waals surface area (Å²) in [5.74, 6) is -3.17. The van der Waals surface area contributed by atoms with Crippen molar-refractivity contribution >= 4 is 50.8 Å². The second-order valence-electron chi connectivity index (χ2n) is 8.41. The van der Waals surface area contributed by atoms with Gasteiger partial charge in [0.2, 0.25) is 5.78 Å². The lowest BCUT2D eigenvalue weighted by atomic mass is 9.95. The SMILES string of the molecule is COC(=O)c1sc(N2C(=O)C(O)=C(C(=O)c3cc4cccc(OC)c4o3)C2c2cccc([N+](=O)[O-])c2)nc1C. The maximum Gasteiger partial charge on any atom is 0.350 e. The number of Topliss-reactive ketones (excluding diaryl/α,β-unsaturated/α-hetero) is 1. The van der Waals surface area contributed by atoms with E-state index in [-0.39, 0.29) is 43.9 Å². The Labute approximate surface area is 223 Å². The number of furan rings is 1. The molecule has 1 aliphatic rings. The predicted molar refractivity (Wildman–Crippen MR) is 138 cm³/mol. The van der Waals surface area contributed by atoms with Crippen LogP contribution in [0.3, 0.4) is 0 Å². The summed E-state index contributed by atoms with van der Waals surface area (Å²) < 4.78 is 15.8. The largest absolute Gasteiger partial charge is 0.503 e. The number of rotatable bonds is 7. The van der Waals surface area contributed by atoms with Crippen LogP contribution in [0.4, 0.5) is 10.8 Å². The molecule has 1 atom stereocenters. The van der Waals surface area contributed by atoms with Crippen LogP contribution in [0.1, 0.15) is 37.5 Å². The van der Waals surface area contributed by atoms with Gasteiger partial charge in [-0.2, -0.15) is 0 Å². The minimum atomic E-state index is -1.32. The molecular weight excluding hydrogens is 530 g/mol. The third-order valence-corrected chi connectivity index (χ3v) is 7.30. The Morgan fingerprint density at radius 1 is 1.18 bits per heavy atom. The summed E-state index contributed by atoms with van der Waals surface area (Å²) in [6.45, 7) is 1.54. The molecule has 2 aromatic heterocycles. The summed E-state index contributed by atoms with van der Waals surface area (Å²) in [5.41, 5.74) is 0.0418. The van der Waals surface area contributed by atoms with E-state index >= 15 is 0 Å². The number of hydrogen-bond acceptors (Lipinski definition) is 11. The normalized spacial score (nSPS) is 15.2. The number of anilines is 1. The minimum Gasteiger partial charge on any atom is -0.503 e. The number of aliphatic hydroxyl groups excluding tert-OH is 1. The van der Waals surface area contributed by atoms with Gasteiger partial charge in [0.1, 0.15) is 4.88 Å². The number of aromatic nitrogens is 1. The van der Waals surface area contributed by atoms with Crippen molar-refractivity contribution in [2.75, 3.05) is 19.1 Å². The molecule has 0 fully saturated rings. The number of carbonyl (C=O) groups is 3. The van der Waals surface area contributed by atoms with Gasteiger partial charge in [-0.05, 0) is 24.6 Å². The molecule has 1 N–H and O–H groups in total. The smallest absolute Gasteiger partial charge is 0.350 e. The van der Waals surface area contributed by atoms with Crippen molar-refractivity contribution in [2.45, 2.75) is 13.0 Å². The second-order valence-corrected chi connectivity index (χ2v) is 9.39. The molecule has 13 heteroatoms. The number of hydrogen-bond donors (Lipinski definition) is 1. The lowest BCUT2D eigenvalue weighted by Crippen LogP contribution is -2.31. The molecule has 4 aromatic rings. The first kappa shape index (κ1) is 25.6. The fraction of sp³-hybridized carbons (Fsp3) is 0.154. The van der Waals surface area contributed by atoms with Crippen LogP contribution in [0.15, 0.2) is 64.3 Å². The molecule has 0 saturated carbocycles. The minimum absolute atomic E-state index is 0.0185. The monoisotopic (exact) mass is 549 g/mol. The molecule has 1 unspecified atom stereocenters. The topological polar surface area (TPSA) is 162 Å². The first-order valence-corrected chi connectivity index (χ1v) is 12.2. The number of carbonyl (C=O) groups excluding carboxylic acids is 3. The zero-order chi connectivity index (χ0) is 28.0. The summed E-state index contributed by atoms with van der Waals surface area (Å²) >= 11 is 0.819. The number of ketones is 1. The van der Waals surface area contributed by atoms with Crippen LogP contribution in [0, 0.1) is 17.0 Å². The van der Waals surface area contributed by atoms with E-state index in [1.807, 2.05) is 0 Å². The van der Waals surface area contributed by atoms with Crippen molar-refractivity contribution in [2.24, 2.45) is 0 Å². The molecule has 0 bridgehead atoms. The van der Waals surface area contributed by atoms with Crippen LogP contribution in [0.2, 0.25) is 0 Å². The van der Waals surface area contributed by atoms with Gasteiger partial charge in [-0.25, -0.2) is 9.78 Å². The van der Waals surface area contributed by atoms with Gasteiger partial charge in [0.25, 0.3) is 11.6 Å². The van der Waals surface area contributed by atoms with E-state index in [1.165, 1.54) is 51.5 Å². The molecule has 0 saturated heterocycles. The van der Waals surface area contributed by atoms with E-state index in [0.717, 1.165) is 16.2 Å². The molecule has 5 rings (SSSR count). The average Bonchev–Trinajstić information content (AvgIpc) is 3.61. The van der Waals surface area contributed by atoms with Gasteiger partial charge in [0.05, 0.1) is 36.5 Å². The number of ether oxygens (including phenoxy) is 2. The van der Waals surface area contributed by atoms with E-state index in [2.05, 4.69) is 4.98 Å². The summed E-state index contributed by atoms with van der Waals surface area (Å²) in [7, 11) is 2.64. The third kappa shape index (κ3) is 4.18. The molecule has 0 aliphatic carbocycles. The Balaban J connectivity index is 1.68. The number of nitro groups is 1. The molecule has 0 spiro atoms. The number of methoxy groups -OCH3 is 2. The summed E-state index contributed by atoms with van der Waals surface area (Å²) in [6.07, 6.45) is 0. The highest BCUT2D eigenvalue weighted by Gasteiger charge is 2.47. The highest BCUT2D eigenvalue weighted by Crippen LogP contribution is 2.45. The molecule has 0 radical (unpaired) electrons. The van der Waals surface area contributed by atoms with E-state index in [0.29, 0.717) is 11.1 Å². The highest BCUT2D eigenvalue weighted by molar-refractivity contribution is 7.17. The Morgan fingerprint density at radius 2 is 1.92 bits per heavy atom. The van der Waals surface area contributed by atoms with Gasteiger partial charge in [0.15, 0.2) is 28.0 Å². The van der Waals surface area contributed by atoms with E-state index in [9.17, 15) is 29.6 Å². The molecule has 2 aromatic carbocycles. The summed E-state index contributed by atoms with van der Waals surface area (Å²) in [5, 5.41) is 23.0. The lowest BCUT2D eigenvalue weighted by Gasteiger charge is -2.24. The number of fused-ring (bicyclic) bond motifs is 1. The van der Waals surface area contributed by atoms with Gasteiger partial charge in [-0.3, -0.25) is 24.6 Å². The number of non-ortho nitro benzene ring substituents is 1. The first-order valence-electron chi connectivity index (χ1n) is 11.3. The highest BCUT2D eigenvalue weighted by atomic mass is 32.1. The number of nitrogens with zero attached hydrogens (tertiary/aromatic N) is 3. The number of nitro benzene ring substituents is 1. The van der Waals surface area contributed by atoms with Crippen molar-refractivity contribution in [3.8, 4) is 5.75 Å². The van der Waals surface area contributed by atoms with Gasteiger partial charge < -0.3 is 19.0 Å². The third-order valence-electron chi connectivity index (χ3n) is 6.16. The molecule has 198 valence electrons. The fourth-order valence-electron chi connectivity index (χ4n) is 4.37. The Bertz CT molecular complexity index is 1720. The molecule has 12 nitrogen and oxygen atoms in total. The van der Waals surface area contributed by atoms with Crippen molar-refractivity contribution in [1.82, 2.24) is 4.98 Å². The lowest BCUT2D eigenvalue weighted by molar-refractivity contribution is -0.384. The quantitative estimate of drug-likeness (QED) is 0.148. The Hall–Kier alpha value is -5.04. The maximum absolute atomic E-state index is 13.8. The number of aryl methyl sites for hydroxylation is 1. The number of amides is 1. The van der Waals surface area contributed by atoms with Gasteiger partial charge in [-0.15, -0.1) is 0 Å². The van der Waals surface area contributed by atoms with Crippen LogP contribution in [-0.4, -0.2) is 46.9 Å². The Morgan fingerprint density at radius 3 is 2.62 bits per heavy atom. The molecule has 39 heavy (non-hydrogen) atoms. The Kier molecular flexibility index (Phi) is 6.36. The number of esters is 1. The standard InChI is InChI=1S/C26H19N3O9S/c1-12-23(25(33)37-3)39-26(27-12)28-19(13-6-4-8-15(10-13)29(34)35)18(21(31)24(28)32)20(30)17-11-14-7-5-9-16(36-2)22(14)38-17/h4-11,19,31H,1-3H3. The summed E-state index contributed by atoms with van der Waals surface area (Å²) in [6, 6.07) is 10.5. The van der Waals surface area contributed by atoms with Crippen molar-refractivity contribution in [3.63, 3.8) is 0 Å². The molecule has 3 heterocycles. The number of thiazole rings is 1. The molecular formula is C26H19N3O9S. The average molecular weight is 550 g/mol. The maximum atomic E-state index is 13.8. The summed E-state index contributed by atoms with van der Waals surface area (Å²) in [4.78, 5) is 55.8. The van der Waals surface area contributed by atoms with Crippen LogP contribution in [-0.2, 0) is 9.53 Å². The number of para-hydroxylation sites is 1. The first-order chi connectivity index (χ1) is 18.7. The van der Waals surface area contributed by atoms with Crippen LogP contribution < -0.4 is 9.64 Å². The number of benzene rings is 2. The van der Waals surface area contributed by atoms with Crippen LogP contribution >= 0.6 is 11.3 Å². The van der Waals surface area contributed by atoms with Crippen LogP contribution in [0.5, 0.6) is 5.75 Å². The molecule has 1 amide bonds. The van der Waals surface area contributed by atoms with E-state index < -0.39 is 34.4 Å². The van der Waals surface area contributed by atoms with Gasteiger partial charge >= 0.3 is 5.97 Å². The van der Waals surface area contributed by atoms with Crippen molar-refractivity contribution in [1.29, 1.82) is 0 Å². The van der Waals surface area contributed by atoms with E-state index in [4.69, 9.17) is 13.9 Å². The van der Waals surface area contributed by atoms with Gasteiger partial charge in [0, 0.05) is 17.5 Å².